The summed E-state index contributed by atoms with van der Waals surface area (Å²) < 4.78 is 5.54. The lowest BCUT2D eigenvalue weighted by molar-refractivity contribution is 0.0734. The molecule has 0 amide bonds. The highest BCUT2D eigenvalue weighted by atomic mass is 16.5. The van der Waals surface area contributed by atoms with Gasteiger partial charge in [-0.25, -0.2) is 14.8 Å². The largest absolute Gasteiger partial charge is 0.423 e. The number of carbonyl (C=O) groups is 1. The van der Waals surface area contributed by atoms with E-state index < -0.39 is 5.97 Å². The van der Waals surface area contributed by atoms with Crippen LogP contribution in [0.15, 0.2) is 54.9 Å². The van der Waals surface area contributed by atoms with Crippen LogP contribution in [0.2, 0.25) is 0 Å². The summed E-state index contributed by atoms with van der Waals surface area (Å²) in [6, 6.07) is 14.6. The van der Waals surface area contributed by atoms with Crippen LogP contribution in [0.25, 0.3) is 11.4 Å². The number of hydrogen-bond acceptors (Lipinski definition) is 5. The molecular weight excluding hydrogens is 434 g/mol. The van der Waals surface area contributed by atoms with Crippen molar-refractivity contribution in [1.82, 2.24) is 9.97 Å². The zero-order valence-corrected chi connectivity index (χ0v) is 20.9. The molecule has 1 aromatic heterocycles. The van der Waals surface area contributed by atoms with E-state index >= 15 is 0 Å². The summed E-state index contributed by atoms with van der Waals surface area (Å²) in [7, 11) is 0. The maximum Gasteiger partial charge on any atom is 0.343 e. The number of aromatic nitrogens is 2. The number of aryl methyl sites for hydroxylation is 2. The Morgan fingerprint density at radius 2 is 1.54 bits per heavy atom. The predicted molar refractivity (Wildman–Crippen MR) is 139 cm³/mol. The summed E-state index contributed by atoms with van der Waals surface area (Å²) in [6.45, 7) is 4.35. The third-order valence-corrected chi connectivity index (χ3v) is 6.08. The van der Waals surface area contributed by atoms with Crippen LogP contribution in [0.3, 0.4) is 0 Å². The summed E-state index contributed by atoms with van der Waals surface area (Å²) in [5.41, 5.74) is 3.89. The van der Waals surface area contributed by atoms with Crippen LogP contribution in [-0.4, -0.2) is 15.9 Å². The van der Waals surface area contributed by atoms with Gasteiger partial charge >= 0.3 is 5.97 Å². The van der Waals surface area contributed by atoms with Crippen molar-refractivity contribution in [1.29, 1.82) is 5.26 Å². The van der Waals surface area contributed by atoms with Crippen LogP contribution in [0.4, 0.5) is 0 Å². The molecule has 1 heterocycles. The van der Waals surface area contributed by atoms with Gasteiger partial charge in [-0.1, -0.05) is 64.9 Å². The highest BCUT2D eigenvalue weighted by Crippen LogP contribution is 2.21. The molecule has 0 spiro atoms. The molecule has 0 aliphatic carbocycles. The van der Waals surface area contributed by atoms with Gasteiger partial charge < -0.3 is 4.74 Å². The van der Waals surface area contributed by atoms with E-state index in [4.69, 9.17) is 4.74 Å². The number of benzene rings is 2. The standard InChI is InChI=1S/C30H35N3O2/c1-3-5-6-7-8-9-10-12-24-13-14-26(19-27(24)20-31)30(34)35-28-17-15-25(16-18-28)29-32-21-23(11-4-2)22-33-29/h13-19,21-22H,3-12H2,1-2H3. The van der Waals surface area contributed by atoms with Gasteiger partial charge in [0.05, 0.1) is 17.2 Å². The second-order valence-electron chi connectivity index (χ2n) is 8.93. The molecular formula is C30H35N3O2. The number of esters is 1. The summed E-state index contributed by atoms with van der Waals surface area (Å²) in [6.07, 6.45) is 15.2. The van der Waals surface area contributed by atoms with Crippen LogP contribution < -0.4 is 4.74 Å². The Bertz CT molecular complexity index is 1120. The molecule has 35 heavy (non-hydrogen) atoms. The quantitative estimate of drug-likeness (QED) is 0.147. The first-order valence-corrected chi connectivity index (χ1v) is 12.8. The number of hydrogen-bond donors (Lipinski definition) is 0. The van der Waals surface area contributed by atoms with Gasteiger partial charge in [0.15, 0.2) is 5.82 Å². The zero-order valence-electron chi connectivity index (χ0n) is 20.9. The maximum absolute atomic E-state index is 12.7. The first-order valence-electron chi connectivity index (χ1n) is 12.8. The molecule has 0 unspecified atom stereocenters. The third-order valence-electron chi connectivity index (χ3n) is 6.08. The summed E-state index contributed by atoms with van der Waals surface area (Å²) in [5, 5.41) is 9.59. The van der Waals surface area contributed by atoms with Crippen molar-refractivity contribution in [3.63, 3.8) is 0 Å². The van der Waals surface area contributed by atoms with E-state index in [-0.39, 0.29) is 0 Å². The fraction of sp³-hybridized carbons (Fsp3) is 0.400. The van der Waals surface area contributed by atoms with Crippen LogP contribution in [0, 0.1) is 11.3 Å². The second kappa shape index (κ2) is 14.0. The Balaban J connectivity index is 1.55. The maximum atomic E-state index is 12.7. The Morgan fingerprint density at radius 3 is 2.20 bits per heavy atom. The molecule has 0 N–H and O–H groups in total. The van der Waals surface area contributed by atoms with Crippen molar-refractivity contribution < 1.29 is 9.53 Å². The van der Waals surface area contributed by atoms with Gasteiger partial charge in [0.1, 0.15) is 5.75 Å². The number of ether oxygens (including phenoxy) is 1. The van der Waals surface area contributed by atoms with Crippen LogP contribution in [0.5, 0.6) is 5.75 Å². The van der Waals surface area contributed by atoms with Gasteiger partial charge in [-0.2, -0.15) is 5.26 Å². The molecule has 5 nitrogen and oxygen atoms in total. The topological polar surface area (TPSA) is 75.9 Å². The molecule has 0 fully saturated rings. The lowest BCUT2D eigenvalue weighted by atomic mass is 9.99. The average Bonchev–Trinajstić information content (AvgIpc) is 2.89. The van der Waals surface area contributed by atoms with E-state index in [9.17, 15) is 10.1 Å². The van der Waals surface area contributed by atoms with Gasteiger partial charge in [0.25, 0.3) is 0 Å². The first-order chi connectivity index (χ1) is 17.1. The Morgan fingerprint density at radius 1 is 0.857 bits per heavy atom. The fourth-order valence-corrected chi connectivity index (χ4v) is 4.06. The zero-order chi connectivity index (χ0) is 24.9. The summed E-state index contributed by atoms with van der Waals surface area (Å²) in [5.74, 6) is 0.599. The van der Waals surface area contributed by atoms with Crippen molar-refractivity contribution in [2.24, 2.45) is 0 Å². The summed E-state index contributed by atoms with van der Waals surface area (Å²) in [4.78, 5) is 21.5. The Hall–Kier alpha value is -3.52. The molecule has 0 bridgehead atoms. The third kappa shape index (κ3) is 8.03. The molecule has 182 valence electrons. The highest BCUT2D eigenvalue weighted by Gasteiger charge is 2.13. The van der Waals surface area contributed by atoms with Crippen LogP contribution in [0.1, 0.15) is 92.3 Å². The Kier molecular flexibility index (Phi) is 10.4. The molecule has 0 atom stereocenters. The minimum atomic E-state index is -0.475. The normalized spacial score (nSPS) is 10.7. The molecule has 0 saturated heterocycles. The van der Waals surface area contributed by atoms with Crippen LogP contribution >= 0.6 is 0 Å². The van der Waals surface area contributed by atoms with E-state index in [0.717, 1.165) is 42.4 Å². The van der Waals surface area contributed by atoms with Crippen molar-refractivity contribution in [2.45, 2.75) is 78.1 Å². The first kappa shape index (κ1) is 26.1. The van der Waals surface area contributed by atoms with E-state index in [1.807, 2.05) is 30.6 Å². The van der Waals surface area contributed by atoms with E-state index in [1.165, 1.54) is 38.5 Å². The minimum absolute atomic E-state index is 0.379. The van der Waals surface area contributed by atoms with Crippen molar-refractivity contribution >= 4 is 5.97 Å². The van der Waals surface area contributed by atoms with Crippen LogP contribution in [-0.2, 0) is 12.8 Å². The van der Waals surface area contributed by atoms with Crippen molar-refractivity contribution in [3.8, 4) is 23.2 Å². The smallest absolute Gasteiger partial charge is 0.343 e. The van der Waals surface area contributed by atoms with Gasteiger partial charge in [-0.15, -0.1) is 0 Å². The van der Waals surface area contributed by atoms with Gasteiger partial charge in [-0.05, 0) is 66.8 Å². The second-order valence-corrected chi connectivity index (χ2v) is 8.93. The molecule has 0 aliphatic heterocycles. The predicted octanol–water partition coefficient (Wildman–Crippen LogP) is 7.48. The lowest BCUT2D eigenvalue weighted by Crippen LogP contribution is -2.09. The highest BCUT2D eigenvalue weighted by molar-refractivity contribution is 5.91. The van der Waals surface area contributed by atoms with Crippen molar-refractivity contribution in [3.05, 3.63) is 77.1 Å². The van der Waals surface area contributed by atoms with Gasteiger partial charge in [0, 0.05) is 18.0 Å². The van der Waals surface area contributed by atoms with E-state index in [2.05, 4.69) is 29.9 Å². The number of unbranched alkanes of at least 4 members (excludes halogenated alkanes) is 6. The van der Waals surface area contributed by atoms with E-state index in [1.54, 1.807) is 24.3 Å². The van der Waals surface area contributed by atoms with E-state index in [0.29, 0.717) is 22.7 Å². The molecule has 3 aromatic rings. The molecule has 5 heteroatoms. The van der Waals surface area contributed by atoms with Gasteiger partial charge in [-0.3, -0.25) is 0 Å². The van der Waals surface area contributed by atoms with Crippen molar-refractivity contribution in [2.75, 3.05) is 0 Å². The minimum Gasteiger partial charge on any atom is -0.423 e. The molecule has 0 aliphatic rings. The monoisotopic (exact) mass is 469 g/mol. The molecule has 2 aromatic carbocycles. The summed E-state index contributed by atoms with van der Waals surface area (Å²) >= 11 is 0. The fourth-order valence-electron chi connectivity index (χ4n) is 4.06. The Labute approximate surface area is 209 Å². The SMILES string of the molecule is CCCCCCCCCc1ccc(C(=O)Oc2ccc(-c3ncc(CCC)cn3)cc2)cc1C#N. The lowest BCUT2D eigenvalue weighted by Gasteiger charge is -2.08. The number of nitriles is 1. The average molecular weight is 470 g/mol. The number of rotatable bonds is 13. The molecule has 0 radical (unpaired) electrons. The molecule has 0 saturated carbocycles. The number of carbonyl (C=O) groups excluding carboxylic acids is 1. The molecule has 3 rings (SSSR count). The number of nitrogens with zero attached hydrogens (tertiary/aromatic N) is 3. The van der Waals surface area contributed by atoms with Gasteiger partial charge in [0.2, 0.25) is 0 Å².